The lowest BCUT2D eigenvalue weighted by molar-refractivity contribution is -0.133. The van der Waals surface area contributed by atoms with Crippen LogP contribution in [0.5, 0.6) is 23.1 Å². The van der Waals surface area contributed by atoms with E-state index in [1.165, 1.54) is 37.6 Å². The van der Waals surface area contributed by atoms with Gasteiger partial charge in [-0.25, -0.2) is 13.8 Å². The van der Waals surface area contributed by atoms with Crippen molar-refractivity contribution in [3.8, 4) is 23.1 Å². The molecule has 0 unspecified atom stereocenters. The number of ether oxygens (including phenoxy) is 4. The molecule has 2 aromatic heterocycles. The van der Waals surface area contributed by atoms with Crippen LogP contribution in [0.2, 0.25) is 0 Å². The van der Waals surface area contributed by atoms with Crippen LogP contribution in [0.3, 0.4) is 0 Å². The number of anilines is 2. The summed E-state index contributed by atoms with van der Waals surface area (Å²) in [5.41, 5.74) is 4.90. The monoisotopic (exact) mass is 697 g/mol. The maximum atomic E-state index is 15.7. The fourth-order valence-electron chi connectivity index (χ4n) is 5.23. The van der Waals surface area contributed by atoms with Crippen molar-refractivity contribution in [3.05, 3.63) is 71.0 Å². The summed E-state index contributed by atoms with van der Waals surface area (Å²) in [6.45, 7) is 4.24. The van der Waals surface area contributed by atoms with Crippen molar-refractivity contribution in [2.24, 2.45) is 11.1 Å². The van der Waals surface area contributed by atoms with Crippen LogP contribution in [0.15, 0.2) is 59.3 Å². The minimum atomic E-state index is -1.44. The van der Waals surface area contributed by atoms with Crippen molar-refractivity contribution in [1.29, 1.82) is 0 Å². The van der Waals surface area contributed by atoms with Crippen LogP contribution in [0.25, 0.3) is 10.9 Å². The second-order valence-electron chi connectivity index (χ2n) is 10.9. The number of hydrogen-bond acceptors (Lipinski definition) is 9. The molecule has 46 heavy (non-hydrogen) atoms. The van der Waals surface area contributed by atoms with E-state index in [0.29, 0.717) is 41.1 Å². The van der Waals surface area contributed by atoms with Crippen LogP contribution in [0.1, 0.15) is 12.8 Å². The van der Waals surface area contributed by atoms with Gasteiger partial charge in [-0.05, 0) is 59.1 Å². The Morgan fingerprint density at radius 3 is 2.46 bits per heavy atom. The first-order valence-corrected chi connectivity index (χ1v) is 15.3. The van der Waals surface area contributed by atoms with Crippen LogP contribution in [0.4, 0.5) is 20.2 Å². The molecule has 0 atom stereocenters. The molecule has 2 aliphatic rings. The molecule has 2 aromatic carbocycles. The number of nitrogens with two attached hydrogens (primary N) is 1. The summed E-state index contributed by atoms with van der Waals surface area (Å²) in [4.78, 5) is 38.2. The normalized spacial score (nSPS) is 15.7. The van der Waals surface area contributed by atoms with Crippen LogP contribution in [0, 0.1) is 17.0 Å². The molecule has 0 radical (unpaired) electrons. The Morgan fingerprint density at radius 2 is 1.76 bits per heavy atom. The van der Waals surface area contributed by atoms with E-state index in [1.54, 1.807) is 12.3 Å². The molecule has 1 saturated heterocycles. The Balaban J connectivity index is 1.26. The second kappa shape index (κ2) is 13.1. The molecule has 4 aromatic rings. The Hall–Kier alpha value is -4.40. The van der Waals surface area contributed by atoms with Gasteiger partial charge in [0.15, 0.2) is 23.1 Å². The van der Waals surface area contributed by atoms with Gasteiger partial charge in [0.2, 0.25) is 17.7 Å². The lowest BCUT2D eigenvalue weighted by atomic mass is 10.0. The molecular weight excluding hydrogens is 668 g/mol. The topological polar surface area (TPSA) is 129 Å². The molecule has 14 heteroatoms. The SMILES string of the molecule is COc1cc(N(C(=O)C2(C(N)=O)CC2)c2ccc(Oc3ccnc4c(Br)c(OCCN5CCOCC5)ncc34)c(F)c2)ccc1F. The number of benzene rings is 2. The molecule has 6 rings (SSSR count). The van der Waals surface area contributed by atoms with Crippen LogP contribution in [-0.2, 0) is 14.3 Å². The number of primary amides is 1. The molecule has 1 aliphatic heterocycles. The fraction of sp³-hybridized carbons (Fsp3) is 0.312. The van der Waals surface area contributed by atoms with Crippen LogP contribution in [-0.4, -0.2) is 73.2 Å². The highest BCUT2D eigenvalue weighted by Gasteiger charge is 2.57. The number of aromatic nitrogens is 2. The first kappa shape index (κ1) is 31.6. The van der Waals surface area contributed by atoms with Crippen molar-refractivity contribution in [3.63, 3.8) is 0 Å². The lowest BCUT2D eigenvalue weighted by Gasteiger charge is -2.27. The largest absolute Gasteiger partial charge is 0.494 e. The van der Waals surface area contributed by atoms with Gasteiger partial charge >= 0.3 is 0 Å². The zero-order valence-electron chi connectivity index (χ0n) is 24.8. The molecule has 2 amide bonds. The van der Waals surface area contributed by atoms with Gasteiger partial charge < -0.3 is 24.7 Å². The number of rotatable bonds is 11. The predicted molar refractivity (Wildman–Crippen MR) is 167 cm³/mol. The third-order valence-corrected chi connectivity index (χ3v) is 8.74. The number of hydrogen-bond donors (Lipinski definition) is 1. The number of morpholine rings is 1. The van der Waals surface area contributed by atoms with Gasteiger partial charge in [-0.2, -0.15) is 0 Å². The summed E-state index contributed by atoms with van der Waals surface area (Å²) in [6.07, 6.45) is 3.56. The number of amides is 2. The van der Waals surface area contributed by atoms with Crippen molar-refractivity contribution >= 4 is 50.0 Å². The minimum absolute atomic E-state index is 0.0823. The number of pyridine rings is 2. The highest BCUT2D eigenvalue weighted by atomic mass is 79.9. The maximum Gasteiger partial charge on any atom is 0.247 e. The standard InChI is InChI=1S/C32H30BrF2N5O6/c1-43-26-17-20(2-4-22(26)34)40(31(42)32(7-8-32)30(36)41)19-3-5-25(23(35)16-19)46-24-6-9-37-28-21(24)18-38-29(27(28)33)45-15-12-39-10-13-44-14-11-39/h2-6,9,16-18H,7-8,10-15H2,1H3,(H2,36,41). The number of carbonyl (C=O) groups excluding carboxylic acids is 2. The predicted octanol–water partition coefficient (Wildman–Crippen LogP) is 5.11. The van der Waals surface area contributed by atoms with Gasteiger partial charge in [-0.3, -0.25) is 24.4 Å². The summed E-state index contributed by atoms with van der Waals surface area (Å²) < 4.78 is 52.8. The smallest absolute Gasteiger partial charge is 0.247 e. The molecule has 0 bridgehead atoms. The summed E-state index contributed by atoms with van der Waals surface area (Å²) in [5.74, 6) is -2.50. The molecule has 3 heterocycles. The summed E-state index contributed by atoms with van der Waals surface area (Å²) in [5, 5.41) is 0.505. The maximum absolute atomic E-state index is 15.7. The average Bonchev–Trinajstić information content (AvgIpc) is 3.88. The summed E-state index contributed by atoms with van der Waals surface area (Å²) in [6, 6.07) is 9.23. The van der Waals surface area contributed by atoms with Crippen molar-refractivity contribution in [2.45, 2.75) is 12.8 Å². The average molecular weight is 699 g/mol. The molecule has 1 aliphatic carbocycles. The van der Waals surface area contributed by atoms with Gasteiger partial charge in [0.1, 0.15) is 22.2 Å². The van der Waals surface area contributed by atoms with Gasteiger partial charge in [0.25, 0.3) is 0 Å². The van der Waals surface area contributed by atoms with E-state index in [9.17, 15) is 14.0 Å². The Morgan fingerprint density at radius 1 is 1.02 bits per heavy atom. The number of carbonyl (C=O) groups is 2. The number of halogens is 3. The molecule has 2 N–H and O–H groups in total. The number of fused-ring (bicyclic) bond motifs is 1. The highest BCUT2D eigenvalue weighted by molar-refractivity contribution is 9.10. The molecule has 11 nitrogen and oxygen atoms in total. The molecule has 240 valence electrons. The fourth-order valence-corrected chi connectivity index (χ4v) is 5.76. The van der Waals surface area contributed by atoms with Crippen molar-refractivity contribution < 1.29 is 37.3 Å². The zero-order chi connectivity index (χ0) is 32.4. The van der Waals surface area contributed by atoms with Gasteiger partial charge in [-0.1, -0.05) is 0 Å². The van der Waals surface area contributed by atoms with E-state index < -0.39 is 28.9 Å². The quantitative estimate of drug-likeness (QED) is 0.213. The Bertz CT molecular complexity index is 1800. The van der Waals surface area contributed by atoms with E-state index in [2.05, 4.69) is 30.8 Å². The number of methoxy groups -OCH3 is 1. The van der Waals surface area contributed by atoms with Crippen molar-refractivity contribution in [2.75, 3.05) is 51.5 Å². The van der Waals surface area contributed by atoms with Gasteiger partial charge in [0.05, 0.1) is 42.6 Å². The third-order valence-electron chi connectivity index (χ3n) is 8.03. The first-order valence-electron chi connectivity index (χ1n) is 14.5. The summed E-state index contributed by atoms with van der Waals surface area (Å²) >= 11 is 3.53. The highest BCUT2D eigenvalue weighted by Crippen LogP contribution is 2.49. The van der Waals surface area contributed by atoms with E-state index in [1.807, 2.05) is 0 Å². The molecule has 2 fully saturated rings. The Labute approximate surface area is 271 Å². The minimum Gasteiger partial charge on any atom is -0.494 e. The Kier molecular flexibility index (Phi) is 9.02. The number of nitrogens with zero attached hydrogens (tertiary/aromatic N) is 4. The second-order valence-corrected chi connectivity index (χ2v) is 11.7. The van der Waals surface area contributed by atoms with E-state index in [0.717, 1.165) is 36.7 Å². The molecular formula is C32H30BrF2N5O6. The molecule has 0 spiro atoms. The van der Waals surface area contributed by atoms with Crippen LogP contribution < -0.4 is 24.8 Å². The van der Waals surface area contributed by atoms with E-state index in [4.69, 9.17) is 24.7 Å². The van der Waals surface area contributed by atoms with Crippen molar-refractivity contribution in [1.82, 2.24) is 14.9 Å². The van der Waals surface area contributed by atoms with Gasteiger partial charge in [0, 0.05) is 44.2 Å². The van der Waals surface area contributed by atoms with Gasteiger partial charge in [-0.15, -0.1) is 0 Å². The van der Waals surface area contributed by atoms with E-state index >= 15 is 4.39 Å². The first-order chi connectivity index (χ1) is 22.2. The molecule has 1 saturated carbocycles. The summed E-state index contributed by atoms with van der Waals surface area (Å²) in [7, 11) is 1.28. The third kappa shape index (κ3) is 6.19. The van der Waals surface area contributed by atoms with E-state index in [-0.39, 0.29) is 41.5 Å². The zero-order valence-corrected chi connectivity index (χ0v) is 26.4. The van der Waals surface area contributed by atoms with Crippen LogP contribution >= 0.6 is 15.9 Å². The lowest BCUT2D eigenvalue weighted by Crippen LogP contribution is -2.41.